The van der Waals surface area contributed by atoms with Gasteiger partial charge in [0, 0.05) is 18.5 Å². The number of nitrogens with one attached hydrogen (secondary N) is 2. The molecule has 27 heavy (non-hydrogen) atoms. The lowest BCUT2D eigenvalue weighted by Crippen LogP contribution is -2.36. The standard InChI is InChI=1S/C18H26N4O3S.HI/c1-11-12(2)26-16(22-11)10-21-18(19-3)20-9-13-7-14(23-4)17(25-6)15(8-13)24-5;/h7-8H,9-10H2,1-6H3,(H2,19,20,21);1H. The van der Waals surface area contributed by atoms with E-state index in [2.05, 4.69) is 27.5 Å². The SMILES string of the molecule is CN=C(NCc1cc(OC)c(OC)c(OC)c1)NCc1nc(C)c(C)s1.I. The van der Waals surface area contributed by atoms with E-state index in [1.807, 2.05) is 19.1 Å². The summed E-state index contributed by atoms with van der Waals surface area (Å²) in [4.78, 5) is 10.0. The highest BCUT2D eigenvalue weighted by molar-refractivity contribution is 14.0. The molecule has 0 saturated heterocycles. The van der Waals surface area contributed by atoms with Crippen molar-refractivity contribution >= 4 is 41.3 Å². The first-order chi connectivity index (χ1) is 12.5. The van der Waals surface area contributed by atoms with Crippen molar-refractivity contribution in [1.29, 1.82) is 0 Å². The van der Waals surface area contributed by atoms with Crippen molar-refractivity contribution in [3.05, 3.63) is 33.3 Å². The molecule has 150 valence electrons. The molecule has 0 atom stereocenters. The molecule has 9 heteroatoms. The highest BCUT2D eigenvalue weighted by atomic mass is 127. The minimum Gasteiger partial charge on any atom is -0.493 e. The number of aliphatic imine (C=N–C) groups is 1. The van der Waals surface area contributed by atoms with Crippen LogP contribution in [0.15, 0.2) is 17.1 Å². The fourth-order valence-corrected chi connectivity index (χ4v) is 3.29. The van der Waals surface area contributed by atoms with E-state index in [-0.39, 0.29) is 24.0 Å². The minimum absolute atomic E-state index is 0. The van der Waals surface area contributed by atoms with E-state index in [0.717, 1.165) is 16.3 Å². The van der Waals surface area contributed by atoms with E-state index in [1.165, 1.54) is 4.88 Å². The number of benzene rings is 1. The number of halogens is 1. The summed E-state index contributed by atoms with van der Waals surface area (Å²) >= 11 is 1.69. The average Bonchev–Trinajstić information content (AvgIpc) is 2.98. The second kappa shape index (κ2) is 11.2. The predicted octanol–water partition coefficient (Wildman–Crippen LogP) is 3.27. The summed E-state index contributed by atoms with van der Waals surface area (Å²) in [7, 11) is 6.54. The lowest BCUT2D eigenvalue weighted by Gasteiger charge is -2.15. The maximum atomic E-state index is 5.39. The normalized spacial score (nSPS) is 10.8. The molecule has 2 N–H and O–H groups in total. The molecule has 0 fully saturated rings. The van der Waals surface area contributed by atoms with Gasteiger partial charge in [-0.1, -0.05) is 0 Å². The zero-order chi connectivity index (χ0) is 19.1. The van der Waals surface area contributed by atoms with Crippen LogP contribution in [0.5, 0.6) is 17.2 Å². The van der Waals surface area contributed by atoms with Gasteiger partial charge < -0.3 is 24.8 Å². The van der Waals surface area contributed by atoms with Crippen molar-refractivity contribution in [3.63, 3.8) is 0 Å². The van der Waals surface area contributed by atoms with Crippen LogP contribution in [0.4, 0.5) is 0 Å². The van der Waals surface area contributed by atoms with Crippen LogP contribution in [0.2, 0.25) is 0 Å². The number of methoxy groups -OCH3 is 3. The van der Waals surface area contributed by atoms with Crippen molar-refractivity contribution in [3.8, 4) is 17.2 Å². The number of nitrogens with zero attached hydrogens (tertiary/aromatic N) is 2. The maximum absolute atomic E-state index is 5.39. The number of aromatic nitrogens is 1. The van der Waals surface area contributed by atoms with Crippen LogP contribution in [0.25, 0.3) is 0 Å². The van der Waals surface area contributed by atoms with Gasteiger partial charge in [0.1, 0.15) is 5.01 Å². The van der Waals surface area contributed by atoms with Crippen LogP contribution in [0.1, 0.15) is 21.1 Å². The molecule has 1 aromatic heterocycles. The van der Waals surface area contributed by atoms with Crippen LogP contribution in [0.3, 0.4) is 0 Å². The van der Waals surface area contributed by atoms with Crippen LogP contribution in [-0.2, 0) is 13.1 Å². The van der Waals surface area contributed by atoms with E-state index in [4.69, 9.17) is 14.2 Å². The van der Waals surface area contributed by atoms with Crippen molar-refractivity contribution in [2.45, 2.75) is 26.9 Å². The summed E-state index contributed by atoms with van der Waals surface area (Å²) in [6, 6.07) is 3.82. The summed E-state index contributed by atoms with van der Waals surface area (Å²) in [5.74, 6) is 2.53. The van der Waals surface area contributed by atoms with Crippen LogP contribution in [0, 0.1) is 13.8 Å². The van der Waals surface area contributed by atoms with Crippen molar-refractivity contribution < 1.29 is 14.2 Å². The lowest BCUT2D eigenvalue weighted by molar-refractivity contribution is 0.323. The van der Waals surface area contributed by atoms with Crippen LogP contribution < -0.4 is 24.8 Å². The molecule has 0 aliphatic heterocycles. The Kier molecular flexibility index (Phi) is 9.64. The Morgan fingerprint density at radius 1 is 1.04 bits per heavy atom. The molecule has 0 radical (unpaired) electrons. The van der Waals surface area contributed by atoms with Crippen LogP contribution >= 0.6 is 35.3 Å². The molecule has 2 aromatic rings. The zero-order valence-corrected chi connectivity index (χ0v) is 19.7. The van der Waals surface area contributed by atoms with Gasteiger partial charge in [0.15, 0.2) is 17.5 Å². The number of thiazole rings is 1. The van der Waals surface area contributed by atoms with Gasteiger partial charge in [0.2, 0.25) is 5.75 Å². The quantitative estimate of drug-likeness (QED) is 0.341. The van der Waals surface area contributed by atoms with Crippen molar-refractivity contribution in [2.24, 2.45) is 4.99 Å². The summed E-state index contributed by atoms with van der Waals surface area (Å²) in [6.45, 7) is 5.29. The molecule has 0 unspecified atom stereocenters. The van der Waals surface area contributed by atoms with Gasteiger partial charge in [0.05, 0.1) is 33.6 Å². The fraction of sp³-hybridized carbons (Fsp3) is 0.444. The smallest absolute Gasteiger partial charge is 0.203 e. The van der Waals surface area contributed by atoms with Crippen molar-refractivity contribution in [2.75, 3.05) is 28.4 Å². The second-order valence-electron chi connectivity index (χ2n) is 5.56. The number of aryl methyl sites for hydroxylation is 2. The topological polar surface area (TPSA) is 77.0 Å². The van der Waals surface area contributed by atoms with E-state index in [0.29, 0.717) is 36.3 Å². The lowest BCUT2D eigenvalue weighted by atomic mass is 10.2. The summed E-state index contributed by atoms with van der Waals surface area (Å²) in [5, 5.41) is 7.59. The summed E-state index contributed by atoms with van der Waals surface area (Å²) < 4.78 is 16.1. The Bertz CT molecular complexity index is 735. The highest BCUT2D eigenvalue weighted by Crippen LogP contribution is 2.38. The summed E-state index contributed by atoms with van der Waals surface area (Å²) in [6.07, 6.45) is 0. The fourth-order valence-electron chi connectivity index (χ4n) is 2.42. The molecular formula is C18H27IN4O3S. The minimum atomic E-state index is 0. The van der Waals surface area contributed by atoms with E-state index >= 15 is 0 Å². The number of ether oxygens (including phenoxy) is 3. The third kappa shape index (κ3) is 6.13. The Labute approximate surface area is 181 Å². The second-order valence-corrected chi connectivity index (χ2v) is 6.85. The first-order valence-corrected chi connectivity index (χ1v) is 9.00. The molecule has 0 aliphatic rings. The van der Waals surface area contributed by atoms with Gasteiger partial charge in [-0.25, -0.2) is 4.98 Å². The van der Waals surface area contributed by atoms with Gasteiger partial charge >= 0.3 is 0 Å². The Hall–Kier alpha value is -1.75. The molecule has 0 spiro atoms. The third-order valence-corrected chi connectivity index (χ3v) is 4.96. The number of rotatable bonds is 7. The highest BCUT2D eigenvalue weighted by Gasteiger charge is 2.13. The third-order valence-electron chi connectivity index (χ3n) is 3.89. The number of hydrogen-bond donors (Lipinski definition) is 2. The van der Waals surface area contributed by atoms with Gasteiger partial charge in [-0.3, -0.25) is 4.99 Å². The largest absolute Gasteiger partial charge is 0.493 e. The Morgan fingerprint density at radius 2 is 1.63 bits per heavy atom. The van der Waals surface area contributed by atoms with Gasteiger partial charge in [-0.2, -0.15) is 0 Å². The van der Waals surface area contributed by atoms with Gasteiger partial charge in [-0.05, 0) is 31.5 Å². The van der Waals surface area contributed by atoms with Gasteiger partial charge in [-0.15, -0.1) is 35.3 Å². The molecule has 7 nitrogen and oxygen atoms in total. The molecule has 0 saturated carbocycles. The summed E-state index contributed by atoms with van der Waals surface area (Å²) in [5.41, 5.74) is 2.07. The molecule has 0 bridgehead atoms. The molecule has 1 heterocycles. The number of guanidine groups is 1. The maximum Gasteiger partial charge on any atom is 0.203 e. The molecule has 0 aliphatic carbocycles. The first-order valence-electron chi connectivity index (χ1n) is 8.18. The van der Waals surface area contributed by atoms with Crippen molar-refractivity contribution in [1.82, 2.24) is 15.6 Å². The van der Waals surface area contributed by atoms with E-state index in [9.17, 15) is 0 Å². The number of hydrogen-bond acceptors (Lipinski definition) is 6. The molecule has 0 amide bonds. The monoisotopic (exact) mass is 506 g/mol. The first kappa shape index (κ1) is 23.3. The van der Waals surface area contributed by atoms with Crippen LogP contribution in [-0.4, -0.2) is 39.3 Å². The predicted molar refractivity (Wildman–Crippen MR) is 120 cm³/mol. The van der Waals surface area contributed by atoms with E-state index < -0.39 is 0 Å². The molecule has 2 rings (SSSR count). The van der Waals surface area contributed by atoms with Gasteiger partial charge in [0.25, 0.3) is 0 Å². The Morgan fingerprint density at radius 3 is 2.07 bits per heavy atom. The molecule has 1 aromatic carbocycles. The van der Waals surface area contributed by atoms with E-state index in [1.54, 1.807) is 39.7 Å². The zero-order valence-electron chi connectivity index (χ0n) is 16.5. The average molecular weight is 506 g/mol. The molecular weight excluding hydrogens is 479 g/mol. The Balaban J connectivity index is 0.00000364.